The van der Waals surface area contributed by atoms with Crippen molar-refractivity contribution in [3.63, 3.8) is 0 Å². The van der Waals surface area contributed by atoms with E-state index in [1.807, 2.05) is 0 Å². The average molecular weight is 232 g/mol. The normalized spacial score (nSPS) is 13.2. The molecule has 0 aliphatic carbocycles. The summed E-state index contributed by atoms with van der Waals surface area (Å²) in [5.41, 5.74) is 9.35. The molecule has 17 heavy (non-hydrogen) atoms. The number of hydrogen-bond acceptors (Lipinski definition) is 3. The lowest BCUT2D eigenvalue weighted by Crippen LogP contribution is -2.07. The Hall–Kier alpha value is -1.58. The van der Waals surface area contributed by atoms with Crippen LogP contribution in [0.4, 0.5) is 5.82 Å². The molecule has 4 heteroatoms. The van der Waals surface area contributed by atoms with Crippen molar-refractivity contribution in [3.8, 4) is 0 Å². The van der Waals surface area contributed by atoms with Crippen LogP contribution in [0.25, 0.3) is 11.0 Å². The van der Waals surface area contributed by atoms with Gasteiger partial charge in [0.2, 0.25) is 0 Å². The predicted molar refractivity (Wildman–Crippen MR) is 71.0 cm³/mol. The van der Waals surface area contributed by atoms with Gasteiger partial charge in [-0.05, 0) is 32.8 Å². The van der Waals surface area contributed by atoms with Crippen LogP contribution in [-0.2, 0) is 0 Å². The minimum atomic E-state index is 0.450. The molecule has 1 unspecified atom stereocenters. The molecule has 0 aliphatic heterocycles. The van der Waals surface area contributed by atoms with Crippen molar-refractivity contribution >= 4 is 16.9 Å². The molecule has 1 atom stereocenters. The molecule has 2 aromatic heterocycles. The van der Waals surface area contributed by atoms with Crippen LogP contribution in [-0.4, -0.2) is 14.5 Å². The summed E-state index contributed by atoms with van der Waals surface area (Å²) in [5, 5.41) is 1.01. The highest BCUT2D eigenvalue weighted by molar-refractivity contribution is 5.90. The molecule has 2 rings (SSSR count). The molecule has 0 fully saturated rings. The molecule has 92 valence electrons. The highest BCUT2D eigenvalue weighted by Gasteiger charge is 2.18. The number of nitrogens with two attached hydrogens (primary N) is 1. The van der Waals surface area contributed by atoms with Crippen molar-refractivity contribution in [3.05, 3.63) is 17.6 Å². The second kappa shape index (κ2) is 4.35. The van der Waals surface area contributed by atoms with Gasteiger partial charge in [0.25, 0.3) is 0 Å². The van der Waals surface area contributed by atoms with Crippen molar-refractivity contribution in [2.75, 3.05) is 5.73 Å². The van der Waals surface area contributed by atoms with E-state index in [1.165, 1.54) is 17.7 Å². The lowest BCUT2D eigenvalue weighted by molar-refractivity contribution is 0.502. The first-order chi connectivity index (χ1) is 8.07. The van der Waals surface area contributed by atoms with Gasteiger partial charge in [-0.25, -0.2) is 9.97 Å². The standard InChI is InChI=1S/C13H20N4/c1-5-6-8(2)17-10(4)9(3)11-12(14)15-7-16-13(11)17/h7-8H,5-6H2,1-4H3,(H2,14,15,16). The third-order valence-electron chi connectivity index (χ3n) is 3.51. The SMILES string of the molecule is CCCC(C)n1c(C)c(C)c2c(N)ncnc21. The number of aryl methyl sites for hydroxylation is 1. The summed E-state index contributed by atoms with van der Waals surface area (Å²) < 4.78 is 2.28. The van der Waals surface area contributed by atoms with Gasteiger partial charge in [-0.1, -0.05) is 13.3 Å². The maximum atomic E-state index is 5.95. The van der Waals surface area contributed by atoms with E-state index in [0.29, 0.717) is 11.9 Å². The zero-order valence-corrected chi connectivity index (χ0v) is 11.0. The first-order valence-electron chi connectivity index (χ1n) is 6.15. The van der Waals surface area contributed by atoms with Gasteiger partial charge in [0.05, 0.1) is 5.39 Å². The summed E-state index contributed by atoms with van der Waals surface area (Å²) in [5.74, 6) is 0.582. The molecule has 2 N–H and O–H groups in total. The van der Waals surface area contributed by atoms with Crippen LogP contribution in [0.5, 0.6) is 0 Å². The van der Waals surface area contributed by atoms with E-state index in [4.69, 9.17) is 5.73 Å². The maximum Gasteiger partial charge on any atom is 0.146 e. The van der Waals surface area contributed by atoms with Crippen molar-refractivity contribution in [2.24, 2.45) is 0 Å². The van der Waals surface area contributed by atoms with Crippen molar-refractivity contribution in [1.29, 1.82) is 0 Å². The van der Waals surface area contributed by atoms with E-state index in [-0.39, 0.29) is 0 Å². The van der Waals surface area contributed by atoms with Gasteiger partial charge in [-0.15, -0.1) is 0 Å². The van der Waals surface area contributed by atoms with Crippen molar-refractivity contribution in [2.45, 2.75) is 46.6 Å². The second-order valence-corrected chi connectivity index (χ2v) is 4.68. The lowest BCUT2D eigenvalue weighted by atomic mass is 10.2. The van der Waals surface area contributed by atoms with Gasteiger partial charge < -0.3 is 10.3 Å². The predicted octanol–water partition coefficient (Wildman–Crippen LogP) is 2.99. The topological polar surface area (TPSA) is 56.7 Å². The van der Waals surface area contributed by atoms with Gasteiger partial charge >= 0.3 is 0 Å². The fraction of sp³-hybridized carbons (Fsp3) is 0.538. The molecule has 2 aromatic rings. The Labute approximate surface area is 102 Å². The van der Waals surface area contributed by atoms with Gasteiger partial charge in [-0.3, -0.25) is 0 Å². The third-order valence-corrected chi connectivity index (χ3v) is 3.51. The number of hydrogen-bond donors (Lipinski definition) is 1. The average Bonchev–Trinajstić information content (AvgIpc) is 2.53. The number of anilines is 1. The summed E-state index contributed by atoms with van der Waals surface area (Å²) in [4.78, 5) is 8.48. The number of nitrogen functional groups attached to an aromatic ring is 1. The first kappa shape index (κ1) is 11.9. The Morgan fingerprint density at radius 1 is 1.35 bits per heavy atom. The summed E-state index contributed by atoms with van der Waals surface area (Å²) >= 11 is 0. The fourth-order valence-electron chi connectivity index (χ4n) is 2.54. The van der Waals surface area contributed by atoms with Crippen LogP contribution in [0.15, 0.2) is 6.33 Å². The molecule has 0 spiro atoms. The largest absolute Gasteiger partial charge is 0.383 e. The van der Waals surface area contributed by atoms with Gasteiger partial charge in [0, 0.05) is 11.7 Å². The van der Waals surface area contributed by atoms with E-state index in [0.717, 1.165) is 17.5 Å². The van der Waals surface area contributed by atoms with Crippen LogP contribution in [0.2, 0.25) is 0 Å². The van der Waals surface area contributed by atoms with Crippen LogP contribution in [0, 0.1) is 13.8 Å². The Bertz CT molecular complexity index is 542. The highest BCUT2D eigenvalue weighted by atomic mass is 15.1. The Kier molecular flexibility index (Phi) is 3.05. The Morgan fingerprint density at radius 3 is 2.71 bits per heavy atom. The fourth-order valence-corrected chi connectivity index (χ4v) is 2.54. The second-order valence-electron chi connectivity index (χ2n) is 4.68. The Balaban J connectivity index is 2.71. The van der Waals surface area contributed by atoms with Crippen molar-refractivity contribution in [1.82, 2.24) is 14.5 Å². The number of fused-ring (bicyclic) bond motifs is 1. The number of nitrogens with zero attached hydrogens (tertiary/aromatic N) is 3. The van der Waals surface area contributed by atoms with E-state index in [2.05, 4.69) is 42.2 Å². The van der Waals surface area contributed by atoms with E-state index < -0.39 is 0 Å². The molecular weight excluding hydrogens is 212 g/mol. The monoisotopic (exact) mass is 232 g/mol. The minimum absolute atomic E-state index is 0.450. The van der Waals surface area contributed by atoms with Gasteiger partial charge in [-0.2, -0.15) is 0 Å². The number of rotatable bonds is 3. The Morgan fingerprint density at radius 2 is 2.06 bits per heavy atom. The molecule has 0 saturated heterocycles. The zero-order valence-electron chi connectivity index (χ0n) is 11.0. The summed E-state index contributed by atoms with van der Waals surface area (Å²) in [6, 6.07) is 0.450. The molecule has 2 heterocycles. The number of aromatic nitrogens is 3. The van der Waals surface area contributed by atoms with E-state index >= 15 is 0 Å². The summed E-state index contributed by atoms with van der Waals surface area (Å²) in [6.07, 6.45) is 3.86. The molecular formula is C13H20N4. The van der Waals surface area contributed by atoms with E-state index in [1.54, 1.807) is 6.33 Å². The highest BCUT2D eigenvalue weighted by Crippen LogP contribution is 2.30. The van der Waals surface area contributed by atoms with Gasteiger partial charge in [0.15, 0.2) is 0 Å². The molecule has 0 saturated carbocycles. The van der Waals surface area contributed by atoms with Crippen LogP contribution in [0.3, 0.4) is 0 Å². The zero-order chi connectivity index (χ0) is 12.6. The van der Waals surface area contributed by atoms with Crippen molar-refractivity contribution < 1.29 is 0 Å². The van der Waals surface area contributed by atoms with Gasteiger partial charge in [0.1, 0.15) is 17.8 Å². The molecule has 0 amide bonds. The lowest BCUT2D eigenvalue weighted by Gasteiger charge is -2.16. The van der Waals surface area contributed by atoms with Crippen LogP contribution < -0.4 is 5.73 Å². The molecule has 0 radical (unpaired) electrons. The summed E-state index contributed by atoms with van der Waals surface area (Å²) in [6.45, 7) is 8.65. The third kappa shape index (κ3) is 1.77. The molecule has 0 aliphatic rings. The molecule has 0 aromatic carbocycles. The van der Waals surface area contributed by atoms with Crippen LogP contribution >= 0.6 is 0 Å². The quantitative estimate of drug-likeness (QED) is 0.885. The van der Waals surface area contributed by atoms with Crippen LogP contribution in [0.1, 0.15) is 44.0 Å². The molecule has 0 bridgehead atoms. The van der Waals surface area contributed by atoms with E-state index in [9.17, 15) is 0 Å². The summed E-state index contributed by atoms with van der Waals surface area (Å²) in [7, 11) is 0. The first-order valence-corrected chi connectivity index (χ1v) is 6.15. The minimum Gasteiger partial charge on any atom is -0.383 e. The smallest absolute Gasteiger partial charge is 0.146 e. The molecule has 4 nitrogen and oxygen atoms in total. The maximum absolute atomic E-state index is 5.95.